The highest BCUT2D eigenvalue weighted by atomic mass is 16.5. The Bertz CT molecular complexity index is 754. The average Bonchev–Trinajstić information content (AvgIpc) is 3.19. The molecule has 0 bridgehead atoms. The molecule has 0 aliphatic carbocycles. The second-order valence-electron chi connectivity index (χ2n) is 8.13. The van der Waals surface area contributed by atoms with E-state index in [0.717, 1.165) is 75.0 Å². The summed E-state index contributed by atoms with van der Waals surface area (Å²) in [5.41, 5.74) is 2.91. The fourth-order valence-corrected chi connectivity index (χ4v) is 4.05. The molecule has 2 saturated heterocycles. The van der Waals surface area contributed by atoms with Crippen molar-refractivity contribution in [3.63, 3.8) is 0 Å². The van der Waals surface area contributed by atoms with Gasteiger partial charge in [-0.3, -0.25) is 14.9 Å². The van der Waals surface area contributed by atoms with Crippen LogP contribution in [-0.2, 0) is 4.74 Å². The van der Waals surface area contributed by atoms with E-state index in [1.54, 1.807) is 0 Å². The second kappa shape index (κ2) is 8.68. The third-order valence-electron chi connectivity index (χ3n) is 5.84. The molecule has 1 atom stereocenters. The molecule has 2 aromatic rings. The number of nitrogens with one attached hydrogen (secondary N) is 1. The molecule has 0 amide bonds. The Hall–Kier alpha value is -1.83. The molecule has 2 aliphatic heterocycles. The van der Waals surface area contributed by atoms with Gasteiger partial charge in [-0.25, -0.2) is 0 Å². The first-order valence-electron chi connectivity index (χ1n) is 10.3. The molecule has 1 aromatic carbocycles. The molecule has 1 aromatic heterocycles. The van der Waals surface area contributed by atoms with E-state index in [1.807, 2.05) is 24.3 Å². The monoisotopic (exact) mass is 379 g/mol. The van der Waals surface area contributed by atoms with Gasteiger partial charge < -0.3 is 9.64 Å². The molecule has 2 fully saturated rings. The van der Waals surface area contributed by atoms with Crippen LogP contribution in [0.25, 0.3) is 11.3 Å². The van der Waals surface area contributed by atoms with Gasteiger partial charge in [-0.2, -0.15) is 5.10 Å². The van der Waals surface area contributed by atoms with Gasteiger partial charge in [0, 0.05) is 57.9 Å². The van der Waals surface area contributed by atoms with E-state index in [1.165, 1.54) is 0 Å². The standard InChI is InChI=1S/C21H30BN5O/c1-16(2)27-11-12-28-19(15-27)14-25-7-9-26(10-8-25)21-13-20(23-24-21)17-3-5-18(22)6-4-17/h3-6,13,16,19H,7-12,14-15H2,1-2H3,(H,23,24). The van der Waals surface area contributed by atoms with E-state index >= 15 is 0 Å². The molecular weight excluding hydrogens is 349 g/mol. The zero-order chi connectivity index (χ0) is 19.5. The number of hydrogen-bond acceptors (Lipinski definition) is 5. The van der Waals surface area contributed by atoms with Crippen LogP contribution in [0.4, 0.5) is 5.82 Å². The smallest absolute Gasteiger partial charge is 0.151 e. The number of ether oxygens (including phenoxy) is 1. The minimum absolute atomic E-state index is 0.324. The Kier molecular flexibility index (Phi) is 6.04. The lowest BCUT2D eigenvalue weighted by atomic mass is 9.95. The summed E-state index contributed by atoms with van der Waals surface area (Å²) in [6.07, 6.45) is 0.324. The first kappa shape index (κ1) is 19.5. The zero-order valence-electron chi connectivity index (χ0n) is 17.0. The second-order valence-corrected chi connectivity index (χ2v) is 8.13. The number of aromatic amines is 1. The lowest BCUT2D eigenvalue weighted by Gasteiger charge is -2.40. The van der Waals surface area contributed by atoms with Crippen molar-refractivity contribution in [1.29, 1.82) is 0 Å². The van der Waals surface area contributed by atoms with Gasteiger partial charge in [-0.15, -0.1) is 0 Å². The van der Waals surface area contributed by atoms with E-state index in [0.29, 0.717) is 12.1 Å². The number of benzene rings is 1. The van der Waals surface area contributed by atoms with Crippen LogP contribution in [0.2, 0.25) is 0 Å². The molecule has 148 valence electrons. The van der Waals surface area contributed by atoms with E-state index in [4.69, 9.17) is 12.6 Å². The highest BCUT2D eigenvalue weighted by Crippen LogP contribution is 2.22. The lowest BCUT2D eigenvalue weighted by molar-refractivity contribution is -0.0525. The molecule has 3 heterocycles. The SMILES string of the molecule is [B]c1ccc(-c2cc(N3CCN(CC4CN(C(C)C)CCO4)CC3)n[nH]2)cc1. The van der Waals surface area contributed by atoms with E-state index < -0.39 is 0 Å². The highest BCUT2D eigenvalue weighted by molar-refractivity contribution is 6.32. The van der Waals surface area contributed by atoms with Crippen molar-refractivity contribution in [2.75, 3.05) is 57.3 Å². The number of nitrogens with zero attached hydrogens (tertiary/aromatic N) is 4. The molecule has 4 rings (SSSR count). The molecule has 1 N–H and O–H groups in total. The summed E-state index contributed by atoms with van der Waals surface area (Å²) in [4.78, 5) is 7.40. The fourth-order valence-electron chi connectivity index (χ4n) is 4.05. The van der Waals surface area contributed by atoms with Crippen LogP contribution in [0.3, 0.4) is 0 Å². The molecule has 0 spiro atoms. The van der Waals surface area contributed by atoms with Crippen molar-refractivity contribution < 1.29 is 4.74 Å². The molecule has 2 aliphatic rings. The van der Waals surface area contributed by atoms with E-state index in [9.17, 15) is 0 Å². The van der Waals surface area contributed by atoms with Crippen LogP contribution in [-0.4, -0.2) is 92.4 Å². The summed E-state index contributed by atoms with van der Waals surface area (Å²) >= 11 is 0. The topological polar surface area (TPSA) is 47.6 Å². The summed E-state index contributed by atoms with van der Waals surface area (Å²) < 4.78 is 6.01. The van der Waals surface area contributed by atoms with Gasteiger partial charge in [0.2, 0.25) is 0 Å². The molecule has 7 heteroatoms. The van der Waals surface area contributed by atoms with Gasteiger partial charge in [-0.05, 0) is 19.4 Å². The predicted molar refractivity (Wildman–Crippen MR) is 115 cm³/mol. The number of hydrogen-bond donors (Lipinski definition) is 1. The maximum Gasteiger partial charge on any atom is 0.151 e. The Morgan fingerprint density at radius 1 is 1.14 bits per heavy atom. The summed E-state index contributed by atoms with van der Waals surface area (Å²) in [6.45, 7) is 12.6. The minimum Gasteiger partial charge on any atom is -0.374 e. The van der Waals surface area contributed by atoms with Gasteiger partial charge in [0.1, 0.15) is 7.85 Å². The van der Waals surface area contributed by atoms with Crippen molar-refractivity contribution in [2.45, 2.75) is 26.0 Å². The van der Waals surface area contributed by atoms with Crippen LogP contribution < -0.4 is 10.4 Å². The van der Waals surface area contributed by atoms with E-state index in [2.05, 4.69) is 44.8 Å². The summed E-state index contributed by atoms with van der Waals surface area (Å²) in [6, 6.07) is 10.6. The normalized spacial score (nSPS) is 22.1. The lowest BCUT2D eigenvalue weighted by Crippen LogP contribution is -2.53. The molecule has 6 nitrogen and oxygen atoms in total. The van der Waals surface area contributed by atoms with Crippen LogP contribution in [0.1, 0.15) is 13.8 Å². The minimum atomic E-state index is 0.324. The van der Waals surface area contributed by atoms with Crippen LogP contribution in [0.15, 0.2) is 30.3 Å². The van der Waals surface area contributed by atoms with E-state index in [-0.39, 0.29) is 0 Å². The fraction of sp³-hybridized carbons (Fsp3) is 0.571. The number of piperazine rings is 1. The Labute approximate surface area is 169 Å². The molecular formula is C21H30BN5O. The first-order valence-corrected chi connectivity index (χ1v) is 10.3. The predicted octanol–water partition coefficient (Wildman–Crippen LogP) is 1.10. The van der Waals surface area contributed by atoms with Crippen LogP contribution in [0.5, 0.6) is 0 Å². The molecule has 28 heavy (non-hydrogen) atoms. The highest BCUT2D eigenvalue weighted by Gasteiger charge is 2.26. The molecule has 0 saturated carbocycles. The van der Waals surface area contributed by atoms with Gasteiger partial charge in [-0.1, -0.05) is 29.7 Å². The van der Waals surface area contributed by atoms with Crippen molar-refractivity contribution in [2.24, 2.45) is 0 Å². The average molecular weight is 379 g/mol. The molecule has 2 radical (unpaired) electrons. The first-order chi connectivity index (χ1) is 13.6. The molecule has 1 unspecified atom stereocenters. The number of H-pyrrole nitrogens is 1. The van der Waals surface area contributed by atoms with Crippen molar-refractivity contribution in [1.82, 2.24) is 20.0 Å². The van der Waals surface area contributed by atoms with Gasteiger partial charge in [0.05, 0.1) is 18.4 Å². The van der Waals surface area contributed by atoms with Gasteiger partial charge in [0.25, 0.3) is 0 Å². The largest absolute Gasteiger partial charge is 0.374 e. The van der Waals surface area contributed by atoms with Gasteiger partial charge in [0.15, 0.2) is 5.82 Å². The summed E-state index contributed by atoms with van der Waals surface area (Å²) in [7, 11) is 5.78. The number of anilines is 1. The Morgan fingerprint density at radius 2 is 1.89 bits per heavy atom. The van der Waals surface area contributed by atoms with Gasteiger partial charge >= 0.3 is 0 Å². The summed E-state index contributed by atoms with van der Waals surface area (Å²) in [5.74, 6) is 1.02. The third kappa shape index (κ3) is 4.59. The number of morpholine rings is 1. The van der Waals surface area contributed by atoms with Crippen molar-refractivity contribution in [3.05, 3.63) is 30.3 Å². The zero-order valence-corrected chi connectivity index (χ0v) is 17.0. The quantitative estimate of drug-likeness (QED) is 0.789. The number of aromatic nitrogens is 2. The third-order valence-corrected chi connectivity index (χ3v) is 5.84. The number of rotatable bonds is 5. The maximum absolute atomic E-state index is 6.01. The van der Waals surface area contributed by atoms with Crippen LogP contribution in [0, 0.1) is 0 Å². The van der Waals surface area contributed by atoms with Crippen molar-refractivity contribution in [3.8, 4) is 11.3 Å². The van der Waals surface area contributed by atoms with Crippen molar-refractivity contribution >= 4 is 19.1 Å². The Balaban J connectivity index is 1.29. The van der Waals surface area contributed by atoms with Crippen LogP contribution >= 0.6 is 0 Å². The summed E-state index contributed by atoms with van der Waals surface area (Å²) in [5, 5.41) is 7.69. The Morgan fingerprint density at radius 3 is 2.61 bits per heavy atom. The maximum atomic E-state index is 6.01.